The first-order valence-electron chi connectivity index (χ1n) is 18.9. The van der Waals surface area contributed by atoms with Crippen molar-refractivity contribution in [3.05, 3.63) is 29.1 Å². The molecule has 16 nitrogen and oxygen atoms in total. The van der Waals surface area contributed by atoms with Crippen molar-refractivity contribution >= 4 is 12.1 Å². The van der Waals surface area contributed by atoms with Crippen LogP contribution in [0.3, 0.4) is 0 Å². The van der Waals surface area contributed by atoms with Crippen LogP contribution in [-0.2, 0) is 61.6 Å². The van der Waals surface area contributed by atoms with Crippen LogP contribution in [0.4, 0.5) is 26.7 Å². The average Bonchev–Trinajstić information content (AvgIpc) is 3.18. The maximum atomic E-state index is 13.6. The van der Waals surface area contributed by atoms with E-state index in [2.05, 4.69) is 4.74 Å². The number of rotatable bonds is 37. The highest BCUT2D eigenvalue weighted by Crippen LogP contribution is 2.29. The van der Waals surface area contributed by atoms with Gasteiger partial charge in [0.1, 0.15) is 5.60 Å². The Morgan fingerprint density at radius 1 is 0.431 bits per heavy atom. The predicted octanol–water partition coefficient (Wildman–Crippen LogP) is 3.73. The molecule has 0 N–H and O–H groups in total. The molecule has 1 aromatic carbocycles. The van der Waals surface area contributed by atoms with E-state index in [9.17, 15) is 31.5 Å². The number of carbonyl (C=O) groups excluding carboxylic acids is 2. The molecule has 21 heteroatoms. The number of carbonyl (C=O) groups is 2. The fraction of sp³-hybridized carbons (Fsp3) is 0.784. The van der Waals surface area contributed by atoms with E-state index in [-0.39, 0.29) is 32.5 Å². The Balaban J connectivity index is 1.73. The number of likely N-dealkylation sites (N-methyl/N-ethyl adjacent to an activating group) is 1. The van der Waals surface area contributed by atoms with E-state index >= 15 is 0 Å². The Kier molecular flexibility index (Phi) is 31.1. The van der Waals surface area contributed by atoms with Gasteiger partial charge in [-0.05, 0) is 20.8 Å². The van der Waals surface area contributed by atoms with Crippen molar-refractivity contribution in [3.8, 4) is 5.75 Å². The molecule has 0 atom stereocenters. The second kappa shape index (κ2) is 33.9. The number of ether oxygens (including phenoxy) is 13. The van der Waals surface area contributed by atoms with Gasteiger partial charge >= 0.3 is 12.1 Å². The lowest BCUT2D eigenvalue weighted by atomic mass is 10.2. The van der Waals surface area contributed by atoms with Crippen LogP contribution in [-0.4, -0.2) is 182 Å². The molecule has 0 spiro atoms. The third-order valence-electron chi connectivity index (χ3n) is 6.83. The van der Waals surface area contributed by atoms with E-state index in [1.165, 1.54) is 4.90 Å². The van der Waals surface area contributed by atoms with Crippen LogP contribution in [0.25, 0.3) is 0 Å². The zero-order valence-corrected chi connectivity index (χ0v) is 33.9. The van der Waals surface area contributed by atoms with E-state index in [4.69, 9.17) is 56.8 Å². The summed E-state index contributed by atoms with van der Waals surface area (Å²) in [5, 5.41) is 0. The summed E-state index contributed by atoms with van der Waals surface area (Å²) in [6.07, 6.45) is -0.877. The fourth-order valence-corrected chi connectivity index (χ4v) is 3.93. The van der Waals surface area contributed by atoms with Gasteiger partial charge in [0, 0.05) is 13.6 Å². The van der Waals surface area contributed by atoms with Crippen LogP contribution in [0, 0.1) is 29.1 Å². The Morgan fingerprint density at radius 3 is 0.983 bits per heavy atom. The van der Waals surface area contributed by atoms with E-state index < -0.39 is 52.8 Å². The van der Waals surface area contributed by atoms with Crippen LogP contribution in [0.1, 0.15) is 27.2 Å². The van der Waals surface area contributed by atoms with Gasteiger partial charge in [-0.2, -0.15) is 8.78 Å². The summed E-state index contributed by atoms with van der Waals surface area (Å²) in [5.41, 5.74) is -0.531. The van der Waals surface area contributed by atoms with E-state index in [1.54, 1.807) is 7.05 Å². The van der Waals surface area contributed by atoms with Crippen molar-refractivity contribution in [2.45, 2.75) is 32.8 Å². The maximum Gasteiger partial charge on any atom is 0.410 e. The molecule has 0 aliphatic heterocycles. The molecule has 0 unspecified atom stereocenters. The zero-order chi connectivity index (χ0) is 42.9. The molecule has 0 aliphatic rings. The Morgan fingerprint density at radius 2 is 0.690 bits per heavy atom. The van der Waals surface area contributed by atoms with Gasteiger partial charge in [-0.15, -0.1) is 0 Å². The monoisotopic (exact) mass is 853 g/mol. The van der Waals surface area contributed by atoms with Gasteiger partial charge in [0.25, 0.3) is 0 Å². The zero-order valence-electron chi connectivity index (χ0n) is 33.9. The van der Waals surface area contributed by atoms with Gasteiger partial charge < -0.3 is 66.5 Å². The lowest BCUT2D eigenvalue weighted by Gasteiger charge is -2.24. The number of esters is 1. The van der Waals surface area contributed by atoms with E-state index in [0.717, 1.165) is 0 Å². The Labute approximate surface area is 336 Å². The standard InChI is InChI=1S/C37H60F5NO15/c1-37(2,3)58-36(45)43(4)6-8-47-10-12-49-14-16-51-18-20-53-22-24-55-26-28-56-27-25-54-23-21-52-19-17-50-15-13-48-11-9-46-7-5-29(44)57-35-33(41)31(39)30(38)32(40)34(35)42/h5-28H2,1-4H3. The van der Waals surface area contributed by atoms with Crippen molar-refractivity contribution in [1.82, 2.24) is 4.90 Å². The summed E-state index contributed by atoms with van der Waals surface area (Å²) in [5.74, 6) is -14.2. The van der Waals surface area contributed by atoms with E-state index in [1.807, 2.05) is 20.8 Å². The van der Waals surface area contributed by atoms with Gasteiger partial charge in [-0.1, -0.05) is 0 Å². The molecule has 0 saturated heterocycles. The van der Waals surface area contributed by atoms with Gasteiger partial charge in [-0.3, -0.25) is 4.79 Å². The number of nitrogens with zero attached hydrogens (tertiary/aromatic N) is 1. The third-order valence-corrected chi connectivity index (χ3v) is 6.83. The minimum absolute atomic E-state index is 0.0739. The summed E-state index contributed by atoms with van der Waals surface area (Å²) < 4.78 is 135. The quantitative estimate of drug-likeness (QED) is 0.0238. The molecule has 0 aromatic heterocycles. The summed E-state index contributed by atoms with van der Waals surface area (Å²) in [6, 6.07) is 0. The van der Waals surface area contributed by atoms with E-state index in [0.29, 0.717) is 125 Å². The van der Waals surface area contributed by atoms with Crippen molar-refractivity contribution in [2.75, 3.05) is 159 Å². The summed E-state index contributed by atoms with van der Waals surface area (Å²) in [7, 11) is 1.66. The minimum atomic E-state index is -2.35. The molecule has 1 amide bonds. The number of benzene rings is 1. The van der Waals surface area contributed by atoms with Crippen molar-refractivity contribution in [1.29, 1.82) is 0 Å². The molecule has 0 radical (unpaired) electrons. The number of halogens is 5. The van der Waals surface area contributed by atoms with Gasteiger partial charge in [0.15, 0.2) is 0 Å². The molecule has 0 aliphatic carbocycles. The number of hydrogen-bond donors (Lipinski definition) is 0. The second-order valence-corrected chi connectivity index (χ2v) is 12.8. The Bertz CT molecular complexity index is 1200. The molecule has 58 heavy (non-hydrogen) atoms. The molecule has 1 rings (SSSR count). The maximum absolute atomic E-state index is 13.6. The molecule has 0 saturated carbocycles. The molecule has 1 aromatic rings. The summed E-state index contributed by atoms with van der Waals surface area (Å²) >= 11 is 0. The van der Waals surface area contributed by atoms with Crippen LogP contribution in [0.2, 0.25) is 0 Å². The molecule has 0 heterocycles. The van der Waals surface area contributed by atoms with Gasteiger partial charge in [0.2, 0.25) is 34.8 Å². The highest BCUT2D eigenvalue weighted by atomic mass is 19.2. The topological polar surface area (TPSA) is 157 Å². The highest BCUT2D eigenvalue weighted by Gasteiger charge is 2.28. The molecular formula is C37H60F5NO15. The largest absolute Gasteiger partial charge is 0.444 e. The number of amides is 1. The van der Waals surface area contributed by atoms with Gasteiger partial charge in [0.05, 0.1) is 152 Å². The van der Waals surface area contributed by atoms with Crippen LogP contribution in [0.15, 0.2) is 0 Å². The predicted molar refractivity (Wildman–Crippen MR) is 194 cm³/mol. The first-order valence-corrected chi connectivity index (χ1v) is 18.9. The lowest BCUT2D eigenvalue weighted by molar-refractivity contribution is -0.136. The van der Waals surface area contributed by atoms with Crippen molar-refractivity contribution in [3.63, 3.8) is 0 Å². The highest BCUT2D eigenvalue weighted by molar-refractivity contribution is 5.72. The van der Waals surface area contributed by atoms with Crippen LogP contribution >= 0.6 is 0 Å². The average molecular weight is 854 g/mol. The third kappa shape index (κ3) is 27.8. The van der Waals surface area contributed by atoms with Crippen molar-refractivity contribution < 1.29 is 93.1 Å². The van der Waals surface area contributed by atoms with Crippen LogP contribution in [0.5, 0.6) is 5.75 Å². The first-order chi connectivity index (χ1) is 27.8. The number of hydrogen-bond acceptors (Lipinski definition) is 15. The summed E-state index contributed by atoms with van der Waals surface area (Å²) in [4.78, 5) is 25.0. The normalized spacial score (nSPS) is 11.7. The second-order valence-electron chi connectivity index (χ2n) is 12.8. The smallest absolute Gasteiger partial charge is 0.410 e. The summed E-state index contributed by atoms with van der Waals surface area (Å²) in [6.45, 7) is 13.6. The fourth-order valence-electron chi connectivity index (χ4n) is 3.93. The molecular weight excluding hydrogens is 793 g/mol. The van der Waals surface area contributed by atoms with Crippen molar-refractivity contribution in [2.24, 2.45) is 0 Å². The lowest BCUT2D eigenvalue weighted by Crippen LogP contribution is -2.36. The molecule has 338 valence electrons. The van der Waals surface area contributed by atoms with Crippen LogP contribution < -0.4 is 4.74 Å². The Hall–Kier alpha value is -2.83. The molecule has 0 bridgehead atoms. The molecule has 0 fully saturated rings. The first kappa shape index (κ1) is 53.2. The van der Waals surface area contributed by atoms with Gasteiger partial charge in [-0.25, -0.2) is 18.0 Å². The SMILES string of the molecule is CN(CCOCCOCCOCCOCCOCCOCCOCCOCCOCCOCCOCCC(=O)Oc1c(F)c(F)c(F)c(F)c1F)C(=O)OC(C)(C)C. The minimum Gasteiger partial charge on any atom is -0.444 e.